The molecule has 0 amide bonds. The maximum absolute atomic E-state index is 13.4. The average Bonchev–Trinajstić information content (AvgIpc) is 2.81. The second-order valence-electron chi connectivity index (χ2n) is 7.53. The number of benzene rings is 1. The quantitative estimate of drug-likeness (QED) is 0.230. The fraction of sp³-hybridized carbons (Fsp3) is 0.625. The summed E-state index contributed by atoms with van der Waals surface area (Å²) in [5.41, 5.74) is -2.44. The van der Waals surface area contributed by atoms with E-state index in [1.165, 1.54) is 0 Å². The van der Waals surface area contributed by atoms with E-state index in [9.17, 15) is 19.5 Å². The summed E-state index contributed by atoms with van der Waals surface area (Å²) in [6.45, 7) is 9.34. The standard InChI is InChI=1S/C24H38O10Si/c1-6-22(35(31-8-3,32-9-4)33-10-5)34-24(16-20(25)26,17-21(27)29-7-2)23(28)30-18-19-14-12-11-13-15-19/h11-15,22H,6-10,16-18H2,1-5H3,(H,25,26). The van der Waals surface area contributed by atoms with Gasteiger partial charge in [-0.15, -0.1) is 0 Å². The molecule has 1 N–H and O–H groups in total. The Balaban J connectivity index is 3.47. The lowest BCUT2D eigenvalue weighted by atomic mass is 9.95. The van der Waals surface area contributed by atoms with Gasteiger partial charge >= 0.3 is 26.7 Å². The molecule has 1 rings (SSSR count). The van der Waals surface area contributed by atoms with Gasteiger partial charge in [-0.2, -0.15) is 0 Å². The molecule has 0 radical (unpaired) electrons. The molecule has 0 aromatic heterocycles. The van der Waals surface area contributed by atoms with Crippen molar-refractivity contribution in [2.24, 2.45) is 0 Å². The molecule has 0 saturated carbocycles. The van der Waals surface area contributed by atoms with E-state index < -0.39 is 50.9 Å². The smallest absolute Gasteiger partial charge is 0.481 e. The summed E-state index contributed by atoms with van der Waals surface area (Å²) in [4.78, 5) is 37.9. The third kappa shape index (κ3) is 9.34. The van der Waals surface area contributed by atoms with Gasteiger partial charge < -0.3 is 32.6 Å². The van der Waals surface area contributed by atoms with Gasteiger partial charge in [0.1, 0.15) is 12.3 Å². The molecule has 1 aromatic carbocycles. The number of hydrogen-bond acceptors (Lipinski definition) is 9. The molecule has 10 nitrogen and oxygen atoms in total. The third-order valence-electron chi connectivity index (χ3n) is 4.93. The Morgan fingerprint density at radius 3 is 1.89 bits per heavy atom. The van der Waals surface area contributed by atoms with Crippen LogP contribution in [0.25, 0.3) is 0 Å². The van der Waals surface area contributed by atoms with Gasteiger partial charge in [-0.25, -0.2) is 4.79 Å². The van der Waals surface area contributed by atoms with E-state index in [0.29, 0.717) is 5.56 Å². The van der Waals surface area contributed by atoms with Gasteiger partial charge in [0.25, 0.3) is 0 Å². The molecular weight excluding hydrogens is 476 g/mol. The van der Waals surface area contributed by atoms with Crippen molar-refractivity contribution in [3.8, 4) is 0 Å². The molecule has 0 aliphatic rings. The summed E-state index contributed by atoms with van der Waals surface area (Å²) >= 11 is 0. The van der Waals surface area contributed by atoms with Crippen LogP contribution in [0, 0.1) is 0 Å². The minimum Gasteiger partial charge on any atom is -0.481 e. The highest BCUT2D eigenvalue weighted by Crippen LogP contribution is 2.32. The van der Waals surface area contributed by atoms with Crippen LogP contribution >= 0.6 is 0 Å². The zero-order valence-corrected chi connectivity index (χ0v) is 22.2. The van der Waals surface area contributed by atoms with E-state index in [1.807, 2.05) is 6.07 Å². The Kier molecular flexibility index (Phi) is 13.7. The molecule has 11 heteroatoms. The van der Waals surface area contributed by atoms with Gasteiger partial charge in [-0.3, -0.25) is 9.59 Å². The van der Waals surface area contributed by atoms with Crippen molar-refractivity contribution < 1.29 is 47.0 Å². The number of carbonyl (C=O) groups excluding carboxylic acids is 2. The van der Waals surface area contributed by atoms with Crippen molar-refractivity contribution in [3.63, 3.8) is 0 Å². The lowest BCUT2D eigenvalue weighted by Gasteiger charge is -2.39. The molecule has 198 valence electrons. The van der Waals surface area contributed by atoms with Crippen LogP contribution < -0.4 is 0 Å². The molecule has 0 fully saturated rings. The Morgan fingerprint density at radius 2 is 1.43 bits per heavy atom. The van der Waals surface area contributed by atoms with Crippen LogP contribution in [0.4, 0.5) is 0 Å². The summed E-state index contributed by atoms with van der Waals surface area (Å²) in [6, 6.07) is 8.88. The molecule has 0 aliphatic carbocycles. The van der Waals surface area contributed by atoms with E-state index in [4.69, 9.17) is 27.5 Å². The lowest BCUT2D eigenvalue weighted by Crippen LogP contribution is -2.61. The second-order valence-corrected chi connectivity index (χ2v) is 10.2. The van der Waals surface area contributed by atoms with Gasteiger partial charge in [0.2, 0.25) is 0 Å². The molecule has 1 aromatic rings. The molecular formula is C24H38O10Si. The number of esters is 2. The average molecular weight is 515 g/mol. The van der Waals surface area contributed by atoms with Gasteiger partial charge in [-0.1, -0.05) is 37.3 Å². The summed E-state index contributed by atoms with van der Waals surface area (Å²) in [6.07, 6.45) is -1.22. The van der Waals surface area contributed by atoms with E-state index in [2.05, 4.69) is 0 Å². The van der Waals surface area contributed by atoms with Crippen LogP contribution in [0.2, 0.25) is 0 Å². The number of carboxylic acid groups (broad SMARTS) is 1. The third-order valence-corrected chi connectivity index (χ3v) is 8.31. The number of ether oxygens (including phenoxy) is 3. The second kappa shape index (κ2) is 15.6. The van der Waals surface area contributed by atoms with Crippen molar-refractivity contribution in [2.75, 3.05) is 26.4 Å². The van der Waals surface area contributed by atoms with Crippen LogP contribution in [-0.4, -0.2) is 69.6 Å². The van der Waals surface area contributed by atoms with Gasteiger partial charge in [-0.05, 0) is 39.7 Å². The van der Waals surface area contributed by atoms with E-state index in [0.717, 1.165) is 0 Å². The fourth-order valence-electron chi connectivity index (χ4n) is 3.57. The molecule has 35 heavy (non-hydrogen) atoms. The molecule has 0 bridgehead atoms. The molecule has 0 heterocycles. The largest absolute Gasteiger partial charge is 0.531 e. The van der Waals surface area contributed by atoms with Crippen LogP contribution in [0.1, 0.15) is 59.4 Å². The normalized spacial score (nSPS) is 14.1. The predicted octanol–water partition coefficient (Wildman–Crippen LogP) is 3.28. The lowest BCUT2D eigenvalue weighted by molar-refractivity contribution is -0.192. The fourth-order valence-corrected chi connectivity index (χ4v) is 6.45. The topological polar surface area (TPSA) is 127 Å². The zero-order chi connectivity index (χ0) is 26.3. The molecule has 0 aliphatic heterocycles. The number of rotatable bonds is 18. The Morgan fingerprint density at radius 1 is 0.857 bits per heavy atom. The molecule has 0 saturated heterocycles. The van der Waals surface area contributed by atoms with Crippen LogP contribution in [0.3, 0.4) is 0 Å². The van der Waals surface area contributed by atoms with Crippen molar-refractivity contribution in [1.82, 2.24) is 0 Å². The summed E-state index contributed by atoms with van der Waals surface area (Å²) in [5.74, 6) is -3.14. The van der Waals surface area contributed by atoms with Crippen LogP contribution in [0.5, 0.6) is 0 Å². The first kappa shape index (κ1) is 30.7. The zero-order valence-electron chi connectivity index (χ0n) is 21.2. The van der Waals surface area contributed by atoms with Gasteiger partial charge in [0.05, 0.1) is 19.4 Å². The summed E-state index contributed by atoms with van der Waals surface area (Å²) < 4.78 is 34.5. The highest BCUT2D eigenvalue weighted by molar-refractivity contribution is 6.62. The highest BCUT2D eigenvalue weighted by Gasteiger charge is 2.56. The maximum atomic E-state index is 13.4. The first-order chi connectivity index (χ1) is 16.7. The minimum absolute atomic E-state index is 0.0494. The maximum Gasteiger partial charge on any atom is 0.531 e. The summed E-state index contributed by atoms with van der Waals surface area (Å²) in [7, 11) is -3.56. The van der Waals surface area contributed by atoms with Crippen molar-refractivity contribution >= 4 is 26.7 Å². The number of hydrogen-bond donors (Lipinski definition) is 1. The Hall–Kier alpha value is -2.31. The van der Waals surface area contributed by atoms with Crippen molar-refractivity contribution in [2.45, 2.75) is 71.8 Å². The van der Waals surface area contributed by atoms with Crippen molar-refractivity contribution in [1.29, 1.82) is 0 Å². The first-order valence-electron chi connectivity index (χ1n) is 11.9. The van der Waals surface area contributed by atoms with E-state index in [1.54, 1.807) is 58.9 Å². The monoisotopic (exact) mass is 514 g/mol. The SMILES string of the molecule is CCOC(=O)CC(CC(=O)O)(OC(CC)[Si](OCC)(OCC)OCC)C(=O)OCc1ccccc1. The predicted molar refractivity (Wildman–Crippen MR) is 128 cm³/mol. The number of carboxylic acids is 1. The Labute approximate surface area is 208 Å². The molecule has 2 atom stereocenters. The van der Waals surface area contributed by atoms with E-state index in [-0.39, 0.29) is 39.5 Å². The molecule has 0 spiro atoms. The highest BCUT2D eigenvalue weighted by atomic mass is 28.4. The summed E-state index contributed by atoms with van der Waals surface area (Å²) in [5, 5.41) is 9.70. The van der Waals surface area contributed by atoms with Crippen LogP contribution in [0.15, 0.2) is 30.3 Å². The van der Waals surface area contributed by atoms with E-state index >= 15 is 0 Å². The number of carbonyl (C=O) groups is 3. The van der Waals surface area contributed by atoms with Gasteiger partial charge in [0, 0.05) is 19.8 Å². The molecule has 2 unspecified atom stereocenters. The van der Waals surface area contributed by atoms with Crippen molar-refractivity contribution in [3.05, 3.63) is 35.9 Å². The first-order valence-corrected chi connectivity index (χ1v) is 13.7. The number of aliphatic carboxylic acids is 1. The van der Waals surface area contributed by atoms with Gasteiger partial charge in [0.15, 0.2) is 5.60 Å². The Bertz CT molecular complexity index is 771. The minimum atomic E-state index is -3.56. The van der Waals surface area contributed by atoms with Crippen LogP contribution in [-0.2, 0) is 48.5 Å².